The lowest BCUT2D eigenvalue weighted by atomic mass is 9.95. The van der Waals surface area contributed by atoms with Gasteiger partial charge in [-0.05, 0) is 57.1 Å². The number of aliphatic carboxylic acids is 1. The number of amides is 1. The first-order valence-electron chi connectivity index (χ1n) is 12.7. The van der Waals surface area contributed by atoms with E-state index in [1.807, 2.05) is 44.2 Å². The quantitative estimate of drug-likeness (QED) is 0.313. The molecule has 0 aromatic heterocycles. The molecule has 1 aliphatic rings. The lowest BCUT2D eigenvalue weighted by Crippen LogP contribution is -2.50. The molecule has 2 atom stereocenters. The zero-order valence-electron chi connectivity index (χ0n) is 21.5. The number of carbonyl (C=O) groups excluding carboxylic acids is 1. The summed E-state index contributed by atoms with van der Waals surface area (Å²) in [5, 5.41) is 13.1. The second kappa shape index (κ2) is 11.9. The monoisotopic (exact) mass is 535 g/mol. The lowest BCUT2D eigenvalue weighted by Gasteiger charge is -2.33. The second-order valence-corrected chi connectivity index (χ2v) is 10.0. The van der Waals surface area contributed by atoms with Crippen LogP contribution in [0.4, 0.5) is 10.1 Å². The highest BCUT2D eigenvalue weighted by atomic mass is 35.5. The van der Waals surface area contributed by atoms with Gasteiger partial charge in [-0.2, -0.15) is 0 Å². The van der Waals surface area contributed by atoms with Gasteiger partial charge in [0.1, 0.15) is 5.82 Å². The third-order valence-electron chi connectivity index (χ3n) is 7.11. The van der Waals surface area contributed by atoms with Crippen LogP contribution in [0.1, 0.15) is 55.8 Å². The summed E-state index contributed by atoms with van der Waals surface area (Å²) in [6.07, 6.45) is 1.26. The Morgan fingerprint density at radius 2 is 1.84 bits per heavy atom. The van der Waals surface area contributed by atoms with Gasteiger partial charge < -0.3 is 10.4 Å². The summed E-state index contributed by atoms with van der Waals surface area (Å²) in [5.74, 6) is -1.78. The SMILES string of the molecule is CCN1CCC[C@]1(C)C(=O)Nc1ccc(Cl)cc1C(=N[C@@H](CC(=O)O)c1ccccc1F)c1ccccc1. The Bertz CT molecular complexity index is 1350. The molecule has 1 heterocycles. The number of likely N-dealkylation sites (tertiary alicyclic amines) is 1. The lowest BCUT2D eigenvalue weighted by molar-refractivity contribution is -0.137. The first kappa shape index (κ1) is 27.5. The van der Waals surface area contributed by atoms with Crippen LogP contribution in [0.15, 0.2) is 77.8 Å². The summed E-state index contributed by atoms with van der Waals surface area (Å²) in [6, 6.07) is 19.3. The predicted octanol–water partition coefficient (Wildman–Crippen LogP) is 6.35. The number of hydrogen-bond donors (Lipinski definition) is 2. The maximum absolute atomic E-state index is 14.8. The van der Waals surface area contributed by atoms with E-state index in [0.717, 1.165) is 25.9 Å². The third kappa shape index (κ3) is 5.95. The Morgan fingerprint density at radius 1 is 1.13 bits per heavy atom. The van der Waals surface area contributed by atoms with Crippen LogP contribution in [-0.4, -0.2) is 46.2 Å². The van der Waals surface area contributed by atoms with Gasteiger partial charge in [0.25, 0.3) is 0 Å². The number of nitrogens with zero attached hydrogens (tertiary/aromatic N) is 2. The molecular weight excluding hydrogens is 505 g/mol. The molecule has 198 valence electrons. The summed E-state index contributed by atoms with van der Waals surface area (Å²) >= 11 is 6.42. The van der Waals surface area contributed by atoms with E-state index in [-0.39, 0.29) is 11.5 Å². The molecule has 0 bridgehead atoms. The van der Waals surface area contributed by atoms with Crippen molar-refractivity contribution in [3.63, 3.8) is 0 Å². The highest BCUT2D eigenvalue weighted by Gasteiger charge is 2.42. The molecule has 0 aliphatic carbocycles. The van der Waals surface area contributed by atoms with Gasteiger partial charge in [0, 0.05) is 21.7 Å². The Balaban J connectivity index is 1.85. The van der Waals surface area contributed by atoms with Gasteiger partial charge in [0.05, 0.1) is 29.4 Å². The molecule has 3 aromatic carbocycles. The molecule has 6 nitrogen and oxygen atoms in total. The standard InChI is InChI=1S/C30H31ClFN3O3/c1-3-35-17-9-16-30(35,2)29(38)34-25-15-14-21(31)18-23(25)28(20-10-5-4-6-11-20)33-26(19-27(36)37)22-12-7-8-13-24(22)32/h4-8,10-15,18,26H,3,9,16-17,19H2,1-2H3,(H,34,38)(H,36,37)/t26-,30+/m0/s1. The second-order valence-electron chi connectivity index (χ2n) is 9.58. The van der Waals surface area contributed by atoms with E-state index in [1.54, 1.807) is 30.3 Å². The number of hydrogen-bond acceptors (Lipinski definition) is 4. The third-order valence-corrected chi connectivity index (χ3v) is 7.34. The topological polar surface area (TPSA) is 82.0 Å². The van der Waals surface area contributed by atoms with Crippen molar-refractivity contribution in [3.05, 3.63) is 100 Å². The molecule has 4 rings (SSSR count). The zero-order valence-corrected chi connectivity index (χ0v) is 22.2. The zero-order chi connectivity index (χ0) is 27.3. The minimum atomic E-state index is -1.11. The fourth-order valence-electron chi connectivity index (χ4n) is 5.05. The maximum Gasteiger partial charge on any atom is 0.305 e. The van der Waals surface area contributed by atoms with Gasteiger partial charge in [0.2, 0.25) is 5.91 Å². The largest absolute Gasteiger partial charge is 0.481 e. The fraction of sp³-hybridized carbons (Fsp3) is 0.300. The van der Waals surface area contributed by atoms with Crippen molar-refractivity contribution in [2.45, 2.75) is 44.7 Å². The highest BCUT2D eigenvalue weighted by Crippen LogP contribution is 2.33. The number of likely N-dealkylation sites (N-methyl/N-ethyl adjacent to an activating group) is 1. The van der Waals surface area contributed by atoms with Crippen LogP contribution in [0.25, 0.3) is 0 Å². The van der Waals surface area contributed by atoms with Crippen molar-refractivity contribution in [1.82, 2.24) is 4.90 Å². The van der Waals surface area contributed by atoms with Crippen molar-refractivity contribution in [2.75, 3.05) is 18.4 Å². The number of halogens is 2. The normalized spacial score (nSPS) is 18.8. The number of anilines is 1. The smallest absolute Gasteiger partial charge is 0.305 e. The van der Waals surface area contributed by atoms with Gasteiger partial charge in [-0.3, -0.25) is 19.5 Å². The summed E-state index contributed by atoms with van der Waals surface area (Å²) < 4.78 is 14.8. The minimum absolute atomic E-state index is 0.135. The maximum atomic E-state index is 14.8. The molecule has 1 saturated heterocycles. The molecule has 8 heteroatoms. The highest BCUT2D eigenvalue weighted by molar-refractivity contribution is 6.31. The molecule has 0 spiro atoms. The van der Waals surface area contributed by atoms with Crippen LogP contribution in [0.3, 0.4) is 0 Å². The number of carboxylic acid groups (broad SMARTS) is 1. The van der Waals surface area contributed by atoms with E-state index in [1.165, 1.54) is 12.1 Å². The summed E-state index contributed by atoms with van der Waals surface area (Å²) in [6.45, 7) is 5.59. The Morgan fingerprint density at radius 3 is 2.53 bits per heavy atom. The molecule has 0 saturated carbocycles. The van der Waals surface area contributed by atoms with Gasteiger partial charge in [-0.15, -0.1) is 0 Å². The Labute approximate surface area is 227 Å². The molecule has 2 N–H and O–H groups in total. The Hall–Kier alpha value is -3.55. The summed E-state index contributed by atoms with van der Waals surface area (Å²) in [4.78, 5) is 32.3. The fourth-order valence-corrected chi connectivity index (χ4v) is 5.22. The molecular formula is C30H31ClFN3O3. The van der Waals surface area contributed by atoms with Crippen LogP contribution < -0.4 is 5.32 Å². The van der Waals surface area contributed by atoms with E-state index in [9.17, 15) is 19.1 Å². The van der Waals surface area contributed by atoms with Crippen molar-refractivity contribution >= 4 is 34.9 Å². The van der Waals surface area contributed by atoms with Crippen LogP contribution in [-0.2, 0) is 9.59 Å². The summed E-state index contributed by atoms with van der Waals surface area (Å²) in [5.41, 5.74) is 1.62. The van der Waals surface area contributed by atoms with Gasteiger partial charge in [-0.25, -0.2) is 4.39 Å². The van der Waals surface area contributed by atoms with E-state index in [4.69, 9.17) is 16.6 Å². The van der Waals surface area contributed by atoms with Gasteiger partial charge in [-0.1, -0.05) is 67.1 Å². The molecule has 38 heavy (non-hydrogen) atoms. The van der Waals surface area contributed by atoms with Crippen molar-refractivity contribution in [1.29, 1.82) is 0 Å². The van der Waals surface area contributed by atoms with E-state index in [2.05, 4.69) is 10.2 Å². The number of rotatable bonds is 9. The van der Waals surface area contributed by atoms with Crippen LogP contribution in [0.2, 0.25) is 5.02 Å². The Kier molecular flexibility index (Phi) is 8.59. The van der Waals surface area contributed by atoms with E-state index < -0.39 is 29.8 Å². The van der Waals surface area contributed by atoms with Gasteiger partial charge in [0.15, 0.2) is 0 Å². The van der Waals surface area contributed by atoms with Crippen LogP contribution in [0, 0.1) is 5.82 Å². The van der Waals surface area contributed by atoms with E-state index >= 15 is 0 Å². The van der Waals surface area contributed by atoms with Crippen molar-refractivity contribution in [2.24, 2.45) is 4.99 Å². The average Bonchev–Trinajstić information content (AvgIpc) is 3.30. The molecule has 1 fully saturated rings. The molecule has 0 unspecified atom stereocenters. The molecule has 1 amide bonds. The van der Waals surface area contributed by atoms with Crippen LogP contribution in [0.5, 0.6) is 0 Å². The molecule has 0 radical (unpaired) electrons. The van der Waals surface area contributed by atoms with Gasteiger partial charge >= 0.3 is 5.97 Å². The van der Waals surface area contributed by atoms with Crippen molar-refractivity contribution in [3.8, 4) is 0 Å². The number of aliphatic imine (C=N–C) groups is 1. The summed E-state index contributed by atoms with van der Waals surface area (Å²) in [7, 11) is 0. The molecule has 3 aromatic rings. The van der Waals surface area contributed by atoms with Crippen molar-refractivity contribution < 1.29 is 19.1 Å². The number of nitrogens with one attached hydrogen (secondary N) is 1. The van der Waals surface area contributed by atoms with Crippen LogP contribution >= 0.6 is 11.6 Å². The minimum Gasteiger partial charge on any atom is -0.481 e. The number of benzene rings is 3. The number of carbonyl (C=O) groups is 2. The first-order valence-corrected chi connectivity index (χ1v) is 13.1. The number of carboxylic acids is 1. The van der Waals surface area contributed by atoms with E-state index in [0.29, 0.717) is 27.5 Å². The molecule has 1 aliphatic heterocycles. The predicted molar refractivity (Wildman–Crippen MR) is 148 cm³/mol. The average molecular weight is 536 g/mol. The first-order chi connectivity index (χ1) is 18.2.